The molecule has 1 heteroatoms. The molecule has 0 saturated carbocycles. The maximum absolute atomic E-state index is 2.44. The molecule has 0 aliphatic rings. The van der Waals surface area contributed by atoms with Crippen molar-refractivity contribution in [1.82, 2.24) is 0 Å². The Morgan fingerprint density at radius 1 is 0.400 bits per heavy atom. The first kappa shape index (κ1) is 28.4. The van der Waals surface area contributed by atoms with Crippen LogP contribution in [0.15, 0.2) is 170 Å². The molecular formula is C44H37N. The Labute approximate surface area is 267 Å². The van der Waals surface area contributed by atoms with Crippen molar-refractivity contribution >= 4 is 27.8 Å². The van der Waals surface area contributed by atoms with Crippen LogP contribution < -0.4 is 4.90 Å². The van der Waals surface area contributed by atoms with E-state index in [0.29, 0.717) is 0 Å². The quantitative estimate of drug-likeness (QED) is 0.189. The van der Waals surface area contributed by atoms with Crippen LogP contribution in [-0.4, -0.2) is 0 Å². The summed E-state index contributed by atoms with van der Waals surface area (Å²) in [5.41, 5.74) is 12.0. The minimum Gasteiger partial charge on any atom is -0.309 e. The average Bonchev–Trinajstić information content (AvgIpc) is 3.09. The molecule has 0 aromatic heterocycles. The number of rotatable bonds is 6. The maximum Gasteiger partial charge on any atom is 0.0540 e. The van der Waals surface area contributed by atoms with Crippen molar-refractivity contribution in [3.63, 3.8) is 0 Å². The molecule has 0 fully saturated rings. The highest BCUT2D eigenvalue weighted by molar-refractivity contribution is 6.09. The third-order valence-electron chi connectivity index (χ3n) is 8.63. The van der Waals surface area contributed by atoms with Gasteiger partial charge >= 0.3 is 0 Å². The summed E-state index contributed by atoms with van der Waals surface area (Å²) in [6.07, 6.45) is 0. The minimum atomic E-state index is 0.0222. The van der Waals surface area contributed by atoms with Crippen molar-refractivity contribution in [3.8, 4) is 33.4 Å². The first-order valence-corrected chi connectivity index (χ1v) is 15.7. The number of anilines is 3. The highest BCUT2D eigenvalue weighted by Gasteiger charge is 2.23. The van der Waals surface area contributed by atoms with Crippen molar-refractivity contribution < 1.29 is 0 Å². The van der Waals surface area contributed by atoms with Gasteiger partial charge in [0.1, 0.15) is 0 Å². The summed E-state index contributed by atoms with van der Waals surface area (Å²) in [4.78, 5) is 2.44. The fraction of sp³-hybridized carbons (Fsp3) is 0.0909. The molecule has 7 aromatic rings. The van der Waals surface area contributed by atoms with Crippen molar-refractivity contribution in [1.29, 1.82) is 0 Å². The largest absolute Gasteiger partial charge is 0.309 e. The normalized spacial score (nSPS) is 11.4. The fourth-order valence-electron chi connectivity index (χ4n) is 6.35. The monoisotopic (exact) mass is 579 g/mol. The number of fused-ring (bicyclic) bond motifs is 1. The molecule has 0 aliphatic heterocycles. The first-order chi connectivity index (χ1) is 22.0. The molecule has 0 atom stereocenters. The van der Waals surface area contributed by atoms with Crippen molar-refractivity contribution in [3.05, 3.63) is 175 Å². The molecule has 0 spiro atoms. The molecule has 0 saturated heterocycles. The third kappa shape index (κ3) is 5.54. The minimum absolute atomic E-state index is 0.0222. The van der Waals surface area contributed by atoms with E-state index in [1.54, 1.807) is 0 Å². The lowest BCUT2D eigenvalue weighted by Gasteiger charge is -2.31. The van der Waals surface area contributed by atoms with Gasteiger partial charge < -0.3 is 4.90 Å². The van der Waals surface area contributed by atoms with Crippen LogP contribution in [0.3, 0.4) is 0 Å². The molecule has 0 radical (unpaired) electrons. The second-order valence-corrected chi connectivity index (χ2v) is 12.6. The van der Waals surface area contributed by atoms with E-state index in [-0.39, 0.29) is 5.41 Å². The lowest BCUT2D eigenvalue weighted by atomic mass is 9.84. The van der Waals surface area contributed by atoms with Gasteiger partial charge in [0.25, 0.3) is 0 Å². The molecule has 7 aromatic carbocycles. The molecule has 1 nitrogen and oxygen atoms in total. The van der Waals surface area contributed by atoms with Crippen molar-refractivity contribution in [2.45, 2.75) is 26.2 Å². The second-order valence-electron chi connectivity index (χ2n) is 12.6. The van der Waals surface area contributed by atoms with E-state index in [2.05, 4.69) is 196 Å². The summed E-state index contributed by atoms with van der Waals surface area (Å²) in [5, 5.41) is 2.49. The van der Waals surface area contributed by atoms with E-state index in [0.717, 1.165) is 17.1 Å². The molecule has 0 unspecified atom stereocenters. The first-order valence-electron chi connectivity index (χ1n) is 15.7. The molecule has 218 valence electrons. The standard InChI is InChI=1S/C44H37N/c1-44(2,3)35-29-30-42(40(31-35)33-19-9-5-10-20-33)45(36-23-11-6-12-24-36)41-28-14-13-25-38(41)39-27-16-22-34-21-15-26-37(43(34)39)32-17-7-4-8-18-32/h4-31H,1-3H3. The summed E-state index contributed by atoms with van der Waals surface area (Å²) in [5.74, 6) is 0. The van der Waals surface area contributed by atoms with E-state index >= 15 is 0 Å². The van der Waals surface area contributed by atoms with Gasteiger partial charge in [-0.15, -0.1) is 0 Å². The molecule has 0 aliphatic carbocycles. The molecule has 0 amide bonds. The number of benzene rings is 7. The molecule has 0 bridgehead atoms. The average molecular weight is 580 g/mol. The Hall–Kier alpha value is -5.40. The van der Waals surface area contributed by atoms with Gasteiger partial charge in [-0.1, -0.05) is 160 Å². The van der Waals surface area contributed by atoms with E-state index < -0.39 is 0 Å². The zero-order valence-corrected chi connectivity index (χ0v) is 26.1. The van der Waals surface area contributed by atoms with Gasteiger partial charge in [-0.25, -0.2) is 0 Å². The molecule has 7 rings (SSSR count). The predicted molar refractivity (Wildman–Crippen MR) is 194 cm³/mol. The SMILES string of the molecule is CC(C)(C)c1ccc(N(c2ccccc2)c2ccccc2-c2cccc3cccc(-c4ccccc4)c23)c(-c2ccccc2)c1. The van der Waals surface area contributed by atoms with Crippen LogP contribution >= 0.6 is 0 Å². The highest BCUT2D eigenvalue weighted by atomic mass is 15.1. The second kappa shape index (κ2) is 11.9. The van der Waals surface area contributed by atoms with Gasteiger partial charge in [0.05, 0.1) is 11.4 Å². The van der Waals surface area contributed by atoms with E-state index in [1.807, 2.05) is 0 Å². The van der Waals surface area contributed by atoms with Crippen LogP contribution in [0.1, 0.15) is 26.3 Å². The summed E-state index contributed by atoms with van der Waals surface area (Å²) in [7, 11) is 0. The number of para-hydroxylation sites is 2. The number of nitrogens with zero attached hydrogens (tertiary/aromatic N) is 1. The van der Waals surface area contributed by atoms with Crippen LogP contribution in [0.2, 0.25) is 0 Å². The smallest absolute Gasteiger partial charge is 0.0540 e. The van der Waals surface area contributed by atoms with Crippen LogP contribution in [0.25, 0.3) is 44.2 Å². The van der Waals surface area contributed by atoms with Crippen LogP contribution in [0, 0.1) is 0 Å². The summed E-state index contributed by atoms with van der Waals surface area (Å²) >= 11 is 0. The molecule has 0 N–H and O–H groups in total. The fourth-order valence-corrected chi connectivity index (χ4v) is 6.35. The van der Waals surface area contributed by atoms with Gasteiger partial charge in [-0.05, 0) is 74.3 Å². The van der Waals surface area contributed by atoms with E-state index in [4.69, 9.17) is 0 Å². The lowest BCUT2D eigenvalue weighted by molar-refractivity contribution is 0.590. The van der Waals surface area contributed by atoms with Gasteiger partial charge in [-0.3, -0.25) is 0 Å². The van der Waals surface area contributed by atoms with Crippen LogP contribution in [0.5, 0.6) is 0 Å². The molecule has 45 heavy (non-hydrogen) atoms. The number of hydrogen-bond donors (Lipinski definition) is 0. The van der Waals surface area contributed by atoms with Crippen molar-refractivity contribution in [2.75, 3.05) is 4.90 Å². The lowest BCUT2D eigenvalue weighted by Crippen LogP contribution is -2.15. The zero-order chi connectivity index (χ0) is 30.8. The molecular weight excluding hydrogens is 542 g/mol. The van der Waals surface area contributed by atoms with Crippen LogP contribution in [-0.2, 0) is 5.41 Å². The maximum atomic E-state index is 2.44. The predicted octanol–water partition coefficient (Wildman–Crippen LogP) is 12.6. The Bertz CT molecular complexity index is 2070. The zero-order valence-electron chi connectivity index (χ0n) is 26.1. The van der Waals surface area contributed by atoms with E-state index in [9.17, 15) is 0 Å². The highest BCUT2D eigenvalue weighted by Crippen LogP contribution is 2.47. The summed E-state index contributed by atoms with van der Waals surface area (Å²) < 4.78 is 0. The van der Waals surface area contributed by atoms with Gasteiger partial charge in [0.15, 0.2) is 0 Å². The van der Waals surface area contributed by atoms with E-state index in [1.165, 1.54) is 49.7 Å². The van der Waals surface area contributed by atoms with Crippen LogP contribution in [0.4, 0.5) is 17.1 Å². The Balaban J connectivity index is 1.52. The number of hydrogen-bond acceptors (Lipinski definition) is 1. The Kier molecular flexibility index (Phi) is 7.53. The van der Waals surface area contributed by atoms with Crippen molar-refractivity contribution in [2.24, 2.45) is 0 Å². The summed E-state index contributed by atoms with van der Waals surface area (Å²) in [6, 6.07) is 61.4. The van der Waals surface area contributed by atoms with Gasteiger partial charge in [0.2, 0.25) is 0 Å². The Morgan fingerprint density at radius 3 is 1.56 bits per heavy atom. The Morgan fingerprint density at radius 2 is 0.911 bits per heavy atom. The van der Waals surface area contributed by atoms with Gasteiger partial charge in [0, 0.05) is 16.8 Å². The van der Waals surface area contributed by atoms with Gasteiger partial charge in [-0.2, -0.15) is 0 Å². The summed E-state index contributed by atoms with van der Waals surface area (Å²) in [6.45, 7) is 6.85. The third-order valence-corrected chi connectivity index (χ3v) is 8.63. The molecule has 0 heterocycles. The topological polar surface area (TPSA) is 3.24 Å².